The molecule has 0 unspecified atom stereocenters. The molecular formula is C10H6F5NO2. The first-order valence-electron chi connectivity index (χ1n) is 4.51. The zero-order valence-electron chi connectivity index (χ0n) is 8.67. The maximum Gasteiger partial charge on any atom is 0.573 e. The molecule has 0 bridgehead atoms. The van der Waals surface area contributed by atoms with Gasteiger partial charge in [-0.05, 0) is 17.7 Å². The molecule has 1 aromatic rings. The fraction of sp³-hybridized carbons (Fsp3) is 0.300. The molecule has 18 heavy (non-hydrogen) atoms. The Kier molecular flexibility index (Phi) is 4.31. The summed E-state index contributed by atoms with van der Waals surface area (Å²) in [6.07, 6.45) is -5.21. The van der Waals surface area contributed by atoms with Crippen LogP contribution in [0.5, 0.6) is 11.5 Å². The van der Waals surface area contributed by atoms with E-state index in [1.165, 1.54) is 0 Å². The lowest BCUT2D eigenvalue weighted by atomic mass is 10.1. The van der Waals surface area contributed by atoms with Crippen molar-refractivity contribution in [1.82, 2.24) is 0 Å². The molecule has 3 nitrogen and oxygen atoms in total. The maximum absolute atomic E-state index is 12.0. The fourth-order valence-electron chi connectivity index (χ4n) is 1.19. The average Bonchev–Trinajstić information content (AvgIpc) is 2.12. The van der Waals surface area contributed by atoms with Gasteiger partial charge in [-0.2, -0.15) is 14.0 Å². The fourth-order valence-corrected chi connectivity index (χ4v) is 1.19. The molecule has 0 atom stereocenters. The van der Waals surface area contributed by atoms with Crippen molar-refractivity contribution in [3.05, 3.63) is 23.8 Å². The first-order chi connectivity index (χ1) is 8.30. The molecule has 0 saturated heterocycles. The second-order valence-corrected chi connectivity index (χ2v) is 3.07. The number of halogens is 5. The van der Waals surface area contributed by atoms with E-state index < -0.39 is 24.5 Å². The quantitative estimate of drug-likeness (QED) is 0.786. The van der Waals surface area contributed by atoms with Crippen LogP contribution in [-0.2, 0) is 6.42 Å². The van der Waals surface area contributed by atoms with Crippen molar-refractivity contribution in [2.45, 2.75) is 19.4 Å². The second kappa shape index (κ2) is 5.53. The van der Waals surface area contributed by atoms with Crippen LogP contribution in [0.15, 0.2) is 18.2 Å². The molecular weight excluding hydrogens is 261 g/mol. The van der Waals surface area contributed by atoms with Gasteiger partial charge in [0, 0.05) is 6.07 Å². The molecule has 0 amide bonds. The Balaban J connectivity index is 3.02. The van der Waals surface area contributed by atoms with Crippen LogP contribution >= 0.6 is 0 Å². The summed E-state index contributed by atoms with van der Waals surface area (Å²) in [4.78, 5) is 0. The van der Waals surface area contributed by atoms with E-state index in [1.54, 1.807) is 6.07 Å². The molecule has 0 saturated carbocycles. The number of nitriles is 1. The van der Waals surface area contributed by atoms with E-state index >= 15 is 0 Å². The molecule has 0 aliphatic rings. The zero-order chi connectivity index (χ0) is 13.8. The van der Waals surface area contributed by atoms with E-state index in [1.807, 2.05) is 0 Å². The maximum atomic E-state index is 12.0. The Hall–Kier alpha value is -2.04. The second-order valence-electron chi connectivity index (χ2n) is 3.07. The topological polar surface area (TPSA) is 42.2 Å². The van der Waals surface area contributed by atoms with Crippen molar-refractivity contribution in [2.75, 3.05) is 0 Å². The summed E-state index contributed by atoms with van der Waals surface area (Å²) >= 11 is 0. The molecule has 0 fully saturated rings. The number of nitrogens with zero attached hydrogens (tertiary/aromatic N) is 1. The minimum absolute atomic E-state index is 0.0786. The highest BCUT2D eigenvalue weighted by molar-refractivity contribution is 5.39. The molecule has 0 radical (unpaired) electrons. The van der Waals surface area contributed by atoms with Crippen LogP contribution in [0.3, 0.4) is 0 Å². The lowest BCUT2D eigenvalue weighted by Gasteiger charge is -2.12. The van der Waals surface area contributed by atoms with E-state index in [9.17, 15) is 22.0 Å². The number of benzene rings is 1. The minimum atomic E-state index is -4.95. The normalized spacial score (nSPS) is 11.2. The van der Waals surface area contributed by atoms with Gasteiger partial charge >= 0.3 is 13.0 Å². The van der Waals surface area contributed by atoms with Crippen molar-refractivity contribution in [1.29, 1.82) is 5.26 Å². The minimum Gasteiger partial charge on any atom is -0.435 e. The van der Waals surface area contributed by atoms with Gasteiger partial charge in [0.15, 0.2) is 0 Å². The summed E-state index contributed by atoms with van der Waals surface area (Å²) in [6, 6.07) is 4.31. The van der Waals surface area contributed by atoms with Gasteiger partial charge in [-0.15, -0.1) is 13.2 Å². The van der Waals surface area contributed by atoms with Crippen LogP contribution in [0.1, 0.15) is 5.56 Å². The van der Waals surface area contributed by atoms with Crippen molar-refractivity contribution in [3.63, 3.8) is 0 Å². The first kappa shape index (κ1) is 14.0. The molecule has 0 aromatic heterocycles. The summed E-state index contributed by atoms with van der Waals surface area (Å²) in [5.74, 6) is -1.22. The van der Waals surface area contributed by atoms with E-state index in [4.69, 9.17) is 5.26 Å². The highest BCUT2D eigenvalue weighted by Crippen LogP contribution is 2.29. The summed E-state index contributed by atoms with van der Waals surface area (Å²) < 4.78 is 67.4. The summed E-state index contributed by atoms with van der Waals surface area (Å²) in [5.41, 5.74) is 0.0786. The molecule has 0 aliphatic heterocycles. The van der Waals surface area contributed by atoms with Crippen LogP contribution in [0.2, 0.25) is 0 Å². The average molecular weight is 267 g/mol. The van der Waals surface area contributed by atoms with Crippen LogP contribution in [0.25, 0.3) is 0 Å². The van der Waals surface area contributed by atoms with Crippen LogP contribution in [-0.4, -0.2) is 13.0 Å². The van der Waals surface area contributed by atoms with Crippen LogP contribution in [0.4, 0.5) is 22.0 Å². The summed E-state index contributed by atoms with van der Waals surface area (Å²) in [6.45, 7) is -3.18. The van der Waals surface area contributed by atoms with Gasteiger partial charge in [0.05, 0.1) is 12.5 Å². The molecule has 98 valence electrons. The third-order valence-corrected chi connectivity index (χ3v) is 1.68. The predicted molar refractivity (Wildman–Crippen MR) is 49.1 cm³/mol. The van der Waals surface area contributed by atoms with Gasteiger partial charge < -0.3 is 9.47 Å². The Morgan fingerprint density at radius 3 is 2.28 bits per heavy atom. The smallest absolute Gasteiger partial charge is 0.435 e. The highest BCUT2D eigenvalue weighted by atomic mass is 19.4. The van der Waals surface area contributed by atoms with Crippen molar-refractivity contribution in [3.8, 4) is 17.6 Å². The molecule has 0 N–H and O–H groups in total. The molecule has 1 rings (SSSR count). The Morgan fingerprint density at radius 1 is 1.17 bits per heavy atom. The Labute approximate surface area is 98.3 Å². The van der Waals surface area contributed by atoms with Gasteiger partial charge in [0.25, 0.3) is 0 Å². The third-order valence-electron chi connectivity index (χ3n) is 1.68. The predicted octanol–water partition coefficient (Wildman–Crippen LogP) is 3.25. The zero-order valence-corrected chi connectivity index (χ0v) is 8.67. The van der Waals surface area contributed by atoms with E-state index in [0.29, 0.717) is 6.07 Å². The van der Waals surface area contributed by atoms with Crippen molar-refractivity contribution >= 4 is 0 Å². The molecule has 0 spiro atoms. The van der Waals surface area contributed by atoms with Crippen LogP contribution < -0.4 is 9.47 Å². The molecule has 0 heterocycles. The van der Waals surface area contributed by atoms with E-state index in [2.05, 4.69) is 9.47 Å². The van der Waals surface area contributed by atoms with Gasteiger partial charge in [-0.3, -0.25) is 0 Å². The molecule has 1 aromatic carbocycles. The summed E-state index contributed by atoms with van der Waals surface area (Å²) in [5, 5.41) is 8.41. The van der Waals surface area contributed by atoms with Crippen molar-refractivity contribution in [2.24, 2.45) is 0 Å². The van der Waals surface area contributed by atoms with Gasteiger partial charge in [0.2, 0.25) is 0 Å². The number of rotatable bonds is 4. The van der Waals surface area contributed by atoms with Gasteiger partial charge in [-0.25, -0.2) is 0 Å². The first-order valence-corrected chi connectivity index (χ1v) is 4.51. The van der Waals surface area contributed by atoms with Crippen molar-refractivity contribution < 1.29 is 31.4 Å². The van der Waals surface area contributed by atoms with E-state index in [0.717, 1.165) is 12.1 Å². The Bertz CT molecular complexity index is 453. The Morgan fingerprint density at radius 2 is 1.78 bits per heavy atom. The van der Waals surface area contributed by atoms with Crippen LogP contribution in [0, 0.1) is 11.3 Å². The monoisotopic (exact) mass is 267 g/mol. The summed E-state index contributed by atoms with van der Waals surface area (Å²) in [7, 11) is 0. The van der Waals surface area contributed by atoms with E-state index in [-0.39, 0.29) is 12.0 Å². The molecule has 8 heteroatoms. The molecule has 0 aliphatic carbocycles. The largest absolute Gasteiger partial charge is 0.573 e. The number of hydrogen-bond donors (Lipinski definition) is 0. The van der Waals surface area contributed by atoms with Gasteiger partial charge in [0.1, 0.15) is 11.5 Å². The third kappa shape index (κ3) is 4.86. The standard InChI is InChI=1S/C10H6F5NO2/c11-9(12)17-7-3-6(1-2-16)4-8(5-7)18-10(13,14)15/h3-5,9H,1H2. The number of ether oxygens (including phenoxy) is 2. The SMILES string of the molecule is N#CCc1cc(OC(F)F)cc(OC(F)(F)F)c1. The lowest BCUT2D eigenvalue weighted by Crippen LogP contribution is -2.17. The lowest BCUT2D eigenvalue weighted by molar-refractivity contribution is -0.274. The highest BCUT2D eigenvalue weighted by Gasteiger charge is 2.31. The number of hydrogen-bond acceptors (Lipinski definition) is 3. The van der Waals surface area contributed by atoms with Gasteiger partial charge in [-0.1, -0.05) is 0 Å². The number of alkyl halides is 5.